The summed E-state index contributed by atoms with van der Waals surface area (Å²) < 4.78 is 25.5. The molecule has 2 N–H and O–H groups in total. The van der Waals surface area contributed by atoms with Gasteiger partial charge in [0.1, 0.15) is 0 Å². The number of aliphatic hydroxyl groups excluding tert-OH is 1. The summed E-state index contributed by atoms with van der Waals surface area (Å²) in [6.45, 7) is 6.93. The Bertz CT molecular complexity index is 519. The molecule has 1 rings (SSSR count). The summed E-state index contributed by atoms with van der Waals surface area (Å²) in [5.74, 6) is 0. The number of hydrogen-bond acceptors (Lipinski definition) is 4. The van der Waals surface area contributed by atoms with E-state index in [1.165, 1.54) is 7.05 Å². The number of aromatic amines is 1. The minimum atomic E-state index is -3.69. The van der Waals surface area contributed by atoms with E-state index in [4.69, 9.17) is 5.11 Å². The SMILES string of the molecule is C=C(C)CN(C)S(=O)(=O)c1n[nH]c(C)c1CO. The van der Waals surface area contributed by atoms with Gasteiger partial charge >= 0.3 is 0 Å². The molecule has 0 saturated carbocycles. The van der Waals surface area contributed by atoms with Crippen molar-refractivity contribution in [3.63, 3.8) is 0 Å². The van der Waals surface area contributed by atoms with Crippen LogP contribution in [0.25, 0.3) is 0 Å². The number of rotatable bonds is 5. The Kier molecular flexibility index (Phi) is 4.07. The summed E-state index contributed by atoms with van der Waals surface area (Å²) in [6.07, 6.45) is 0. The molecule has 0 fully saturated rings. The zero-order valence-corrected chi connectivity index (χ0v) is 11.0. The normalized spacial score (nSPS) is 12.1. The highest BCUT2D eigenvalue weighted by molar-refractivity contribution is 7.89. The van der Waals surface area contributed by atoms with Crippen LogP contribution in [0.3, 0.4) is 0 Å². The minimum absolute atomic E-state index is 0.124. The predicted octanol–water partition coefficient (Wildman–Crippen LogP) is 0.407. The molecule has 0 amide bonds. The molecular weight excluding hydrogens is 242 g/mol. The van der Waals surface area contributed by atoms with E-state index >= 15 is 0 Å². The Morgan fingerprint density at radius 3 is 2.65 bits per heavy atom. The summed E-state index contributed by atoms with van der Waals surface area (Å²) in [7, 11) is -2.23. The molecule has 1 aromatic rings. The molecular formula is C10H17N3O3S. The molecule has 1 aromatic heterocycles. The van der Waals surface area contributed by atoms with Crippen LogP contribution < -0.4 is 0 Å². The first kappa shape index (κ1) is 13.9. The van der Waals surface area contributed by atoms with Gasteiger partial charge in [-0.1, -0.05) is 12.2 Å². The third kappa shape index (κ3) is 2.74. The van der Waals surface area contributed by atoms with Gasteiger partial charge in [-0.15, -0.1) is 0 Å². The van der Waals surface area contributed by atoms with Crippen molar-refractivity contribution in [3.05, 3.63) is 23.4 Å². The van der Waals surface area contributed by atoms with E-state index in [1.54, 1.807) is 13.8 Å². The first-order chi connectivity index (χ1) is 7.80. The number of hydrogen-bond donors (Lipinski definition) is 2. The number of nitrogens with one attached hydrogen (secondary N) is 1. The fourth-order valence-electron chi connectivity index (χ4n) is 1.44. The Hall–Kier alpha value is -1.18. The van der Waals surface area contributed by atoms with Crippen molar-refractivity contribution in [2.45, 2.75) is 25.5 Å². The molecule has 0 aliphatic carbocycles. The van der Waals surface area contributed by atoms with Gasteiger partial charge in [0.05, 0.1) is 6.61 Å². The fraction of sp³-hybridized carbons (Fsp3) is 0.500. The Morgan fingerprint density at radius 1 is 1.59 bits per heavy atom. The van der Waals surface area contributed by atoms with Crippen molar-refractivity contribution in [3.8, 4) is 0 Å². The minimum Gasteiger partial charge on any atom is -0.392 e. The number of aromatic nitrogens is 2. The lowest BCUT2D eigenvalue weighted by Crippen LogP contribution is -2.29. The topological polar surface area (TPSA) is 86.3 Å². The molecule has 7 heteroatoms. The molecule has 1 heterocycles. The number of aliphatic hydroxyl groups is 1. The van der Waals surface area contributed by atoms with Crippen LogP contribution in [-0.4, -0.2) is 41.6 Å². The number of aryl methyl sites for hydroxylation is 1. The number of likely N-dealkylation sites (N-methyl/N-ethyl adjacent to an activating group) is 1. The Morgan fingerprint density at radius 2 is 2.18 bits per heavy atom. The molecule has 0 aromatic carbocycles. The standard InChI is InChI=1S/C10H17N3O3S/c1-7(2)5-13(4)17(15,16)10-9(6-14)8(3)11-12-10/h14H,1,5-6H2,2-4H3,(H,11,12). The van der Waals surface area contributed by atoms with Gasteiger partial charge in [0.2, 0.25) is 0 Å². The van der Waals surface area contributed by atoms with Gasteiger partial charge < -0.3 is 5.11 Å². The average Bonchev–Trinajstić information content (AvgIpc) is 2.58. The van der Waals surface area contributed by atoms with E-state index in [1.807, 2.05) is 0 Å². The second-order valence-corrected chi connectivity index (χ2v) is 5.97. The molecule has 96 valence electrons. The van der Waals surface area contributed by atoms with Crippen LogP contribution in [0.5, 0.6) is 0 Å². The molecule has 0 unspecified atom stereocenters. The number of nitrogens with zero attached hydrogens (tertiary/aromatic N) is 2. The quantitative estimate of drug-likeness (QED) is 0.750. The zero-order chi connectivity index (χ0) is 13.2. The summed E-state index contributed by atoms with van der Waals surface area (Å²) in [6, 6.07) is 0. The molecule has 0 aliphatic rings. The third-order valence-electron chi connectivity index (χ3n) is 2.34. The van der Waals surface area contributed by atoms with Crippen molar-refractivity contribution in [1.29, 1.82) is 0 Å². The lowest BCUT2D eigenvalue weighted by Gasteiger charge is -2.16. The highest BCUT2D eigenvalue weighted by Gasteiger charge is 2.27. The van der Waals surface area contributed by atoms with Crippen LogP contribution in [0.15, 0.2) is 17.2 Å². The third-order valence-corrected chi connectivity index (χ3v) is 4.12. The van der Waals surface area contributed by atoms with Crippen LogP contribution >= 0.6 is 0 Å². The fourth-order valence-corrected chi connectivity index (χ4v) is 2.82. The van der Waals surface area contributed by atoms with Gasteiger partial charge in [-0.2, -0.15) is 9.40 Å². The highest BCUT2D eigenvalue weighted by Crippen LogP contribution is 2.19. The highest BCUT2D eigenvalue weighted by atomic mass is 32.2. The second-order valence-electron chi connectivity index (χ2n) is 4.01. The number of H-pyrrole nitrogens is 1. The summed E-state index contributed by atoms with van der Waals surface area (Å²) in [4.78, 5) is 0. The van der Waals surface area contributed by atoms with Crippen LogP contribution in [0.1, 0.15) is 18.2 Å². The van der Waals surface area contributed by atoms with Crippen molar-refractivity contribution >= 4 is 10.0 Å². The summed E-state index contributed by atoms with van der Waals surface area (Å²) in [5.41, 5.74) is 1.59. The van der Waals surface area contributed by atoms with E-state index in [0.29, 0.717) is 11.3 Å². The van der Waals surface area contributed by atoms with Crippen molar-refractivity contribution in [2.75, 3.05) is 13.6 Å². The van der Waals surface area contributed by atoms with E-state index in [-0.39, 0.29) is 18.2 Å². The van der Waals surface area contributed by atoms with Crippen molar-refractivity contribution in [2.24, 2.45) is 0 Å². The van der Waals surface area contributed by atoms with E-state index in [2.05, 4.69) is 16.8 Å². The summed E-state index contributed by atoms with van der Waals surface area (Å²) >= 11 is 0. The Labute approximate surface area is 101 Å². The van der Waals surface area contributed by atoms with Gasteiger partial charge in [0, 0.05) is 24.8 Å². The molecule has 0 bridgehead atoms. The van der Waals surface area contributed by atoms with Gasteiger partial charge in [-0.25, -0.2) is 8.42 Å². The molecule has 0 spiro atoms. The first-order valence-electron chi connectivity index (χ1n) is 5.06. The molecule has 6 nitrogen and oxygen atoms in total. The maximum atomic E-state index is 12.2. The van der Waals surface area contributed by atoms with Crippen LogP contribution in [0.2, 0.25) is 0 Å². The monoisotopic (exact) mass is 259 g/mol. The van der Waals surface area contributed by atoms with Gasteiger partial charge in [0.15, 0.2) is 5.03 Å². The molecule has 0 radical (unpaired) electrons. The summed E-state index contributed by atoms with van der Waals surface area (Å²) in [5, 5.41) is 15.3. The first-order valence-corrected chi connectivity index (χ1v) is 6.50. The van der Waals surface area contributed by atoms with Crippen LogP contribution in [0.4, 0.5) is 0 Å². The van der Waals surface area contributed by atoms with Gasteiger partial charge in [0.25, 0.3) is 10.0 Å². The maximum Gasteiger partial charge on any atom is 0.262 e. The van der Waals surface area contributed by atoms with E-state index < -0.39 is 10.0 Å². The van der Waals surface area contributed by atoms with Crippen LogP contribution in [0, 0.1) is 6.92 Å². The van der Waals surface area contributed by atoms with Gasteiger partial charge in [-0.05, 0) is 13.8 Å². The lowest BCUT2D eigenvalue weighted by molar-refractivity contribution is 0.277. The smallest absolute Gasteiger partial charge is 0.262 e. The van der Waals surface area contributed by atoms with Gasteiger partial charge in [-0.3, -0.25) is 5.10 Å². The lowest BCUT2D eigenvalue weighted by atomic mass is 10.3. The zero-order valence-electron chi connectivity index (χ0n) is 10.2. The average molecular weight is 259 g/mol. The van der Waals surface area contributed by atoms with Crippen molar-refractivity contribution < 1.29 is 13.5 Å². The van der Waals surface area contributed by atoms with Crippen LogP contribution in [-0.2, 0) is 16.6 Å². The largest absolute Gasteiger partial charge is 0.392 e. The predicted molar refractivity (Wildman–Crippen MR) is 63.9 cm³/mol. The maximum absolute atomic E-state index is 12.2. The molecule has 0 aliphatic heterocycles. The second kappa shape index (κ2) is 4.99. The Balaban J connectivity index is 3.17. The number of sulfonamides is 1. The molecule has 17 heavy (non-hydrogen) atoms. The van der Waals surface area contributed by atoms with E-state index in [9.17, 15) is 8.42 Å². The van der Waals surface area contributed by atoms with Crippen molar-refractivity contribution in [1.82, 2.24) is 14.5 Å². The molecule has 0 atom stereocenters. The van der Waals surface area contributed by atoms with E-state index in [0.717, 1.165) is 9.88 Å². The molecule has 0 saturated heterocycles.